The first-order chi connectivity index (χ1) is 11.3. The number of aryl methyl sites for hydroxylation is 2. The second-order valence-corrected chi connectivity index (χ2v) is 5.61. The van der Waals surface area contributed by atoms with Crippen LogP contribution < -0.4 is 15.4 Å². The highest BCUT2D eigenvalue weighted by Crippen LogP contribution is 2.25. The predicted octanol–water partition coefficient (Wildman–Crippen LogP) is 4.34. The fourth-order valence-corrected chi connectivity index (χ4v) is 2.38. The molecule has 2 aromatic rings. The maximum atomic E-state index is 12.4. The summed E-state index contributed by atoms with van der Waals surface area (Å²) in [6.07, 6.45) is 0. The molecule has 2 N–H and O–H groups in total. The molecular weight excluding hydrogens is 314 g/mol. The van der Waals surface area contributed by atoms with Gasteiger partial charge in [-0.2, -0.15) is 8.78 Å². The van der Waals surface area contributed by atoms with Crippen molar-refractivity contribution >= 4 is 17.3 Å². The van der Waals surface area contributed by atoms with Crippen LogP contribution in [-0.4, -0.2) is 18.6 Å². The van der Waals surface area contributed by atoms with E-state index in [1.54, 1.807) is 19.1 Å². The first kappa shape index (κ1) is 17.7. The molecule has 0 aliphatic carbocycles. The number of halogens is 2. The Morgan fingerprint density at radius 1 is 1.08 bits per heavy atom. The molecule has 0 aliphatic rings. The number of benzene rings is 2. The number of anilines is 2. The van der Waals surface area contributed by atoms with Gasteiger partial charge in [-0.15, -0.1) is 0 Å². The molecule has 0 bridgehead atoms. The molecule has 0 aromatic heterocycles. The van der Waals surface area contributed by atoms with Crippen LogP contribution in [-0.2, 0) is 4.79 Å². The number of para-hydroxylation sites is 2. The van der Waals surface area contributed by atoms with Gasteiger partial charge in [0.25, 0.3) is 0 Å². The normalized spacial score (nSPS) is 11.9. The van der Waals surface area contributed by atoms with Gasteiger partial charge in [0, 0.05) is 5.69 Å². The molecule has 0 saturated carbocycles. The number of alkyl halides is 2. The van der Waals surface area contributed by atoms with Gasteiger partial charge < -0.3 is 15.4 Å². The van der Waals surface area contributed by atoms with Crippen molar-refractivity contribution in [2.75, 3.05) is 10.6 Å². The minimum absolute atomic E-state index is 0.0700. The van der Waals surface area contributed by atoms with Crippen molar-refractivity contribution in [3.8, 4) is 5.75 Å². The van der Waals surface area contributed by atoms with Gasteiger partial charge in [-0.3, -0.25) is 4.79 Å². The van der Waals surface area contributed by atoms with Crippen molar-refractivity contribution in [3.05, 3.63) is 53.6 Å². The van der Waals surface area contributed by atoms with Crippen molar-refractivity contribution in [2.45, 2.75) is 33.4 Å². The third kappa shape index (κ3) is 4.94. The summed E-state index contributed by atoms with van der Waals surface area (Å²) in [6, 6.07) is 11.4. The molecule has 0 spiro atoms. The summed E-state index contributed by atoms with van der Waals surface area (Å²) in [4.78, 5) is 12.3. The van der Waals surface area contributed by atoms with Crippen molar-refractivity contribution in [1.29, 1.82) is 0 Å². The number of ether oxygens (including phenoxy) is 1. The summed E-state index contributed by atoms with van der Waals surface area (Å²) in [7, 11) is 0. The number of hydrogen-bond acceptors (Lipinski definition) is 3. The Morgan fingerprint density at radius 2 is 1.71 bits per heavy atom. The van der Waals surface area contributed by atoms with Crippen LogP contribution in [0.1, 0.15) is 18.1 Å². The zero-order valence-electron chi connectivity index (χ0n) is 13.8. The number of amides is 1. The van der Waals surface area contributed by atoms with E-state index in [0.29, 0.717) is 0 Å². The lowest BCUT2D eigenvalue weighted by atomic mass is 10.1. The van der Waals surface area contributed by atoms with Crippen LogP contribution >= 0.6 is 0 Å². The smallest absolute Gasteiger partial charge is 0.387 e. The summed E-state index contributed by atoms with van der Waals surface area (Å²) in [5.74, 6) is -0.418. The van der Waals surface area contributed by atoms with Crippen LogP contribution in [0.15, 0.2) is 42.5 Å². The Labute approximate surface area is 139 Å². The van der Waals surface area contributed by atoms with E-state index in [0.717, 1.165) is 16.8 Å². The van der Waals surface area contributed by atoms with E-state index < -0.39 is 12.7 Å². The highest BCUT2D eigenvalue weighted by molar-refractivity contribution is 5.97. The molecular formula is C18H20F2N2O2. The Bertz CT molecular complexity index is 700. The van der Waals surface area contributed by atoms with Crippen LogP contribution in [0.5, 0.6) is 5.75 Å². The molecule has 0 aliphatic heterocycles. The number of nitrogens with one attached hydrogen (secondary N) is 2. The summed E-state index contributed by atoms with van der Waals surface area (Å²) < 4.78 is 29.2. The summed E-state index contributed by atoms with van der Waals surface area (Å²) in [5, 5.41) is 5.71. The third-order valence-electron chi connectivity index (χ3n) is 3.36. The maximum absolute atomic E-state index is 12.4. The molecule has 0 radical (unpaired) electrons. The lowest BCUT2D eigenvalue weighted by Crippen LogP contribution is -2.32. The zero-order chi connectivity index (χ0) is 17.7. The quantitative estimate of drug-likeness (QED) is 0.826. The van der Waals surface area contributed by atoms with Gasteiger partial charge in [-0.25, -0.2) is 0 Å². The van der Waals surface area contributed by atoms with Crippen molar-refractivity contribution in [3.63, 3.8) is 0 Å². The minimum atomic E-state index is -2.95. The van der Waals surface area contributed by atoms with Crippen LogP contribution in [0.3, 0.4) is 0 Å². The standard InChI is InChI=1S/C18H20F2N2O2/c1-11-8-12(2)10-14(9-11)21-13(3)17(23)22-15-6-4-5-7-16(15)24-18(19)20/h4-10,13,18,21H,1-3H3,(H,22,23)/t13-/m0/s1. The van der Waals surface area contributed by atoms with E-state index in [2.05, 4.69) is 15.4 Å². The second-order valence-electron chi connectivity index (χ2n) is 5.61. The zero-order valence-corrected chi connectivity index (χ0v) is 13.8. The number of carbonyl (C=O) groups is 1. The van der Waals surface area contributed by atoms with Crippen LogP contribution in [0, 0.1) is 13.8 Å². The Morgan fingerprint density at radius 3 is 2.33 bits per heavy atom. The Kier molecular flexibility index (Phi) is 5.73. The Balaban J connectivity index is 2.06. The predicted molar refractivity (Wildman–Crippen MR) is 90.7 cm³/mol. The SMILES string of the molecule is Cc1cc(C)cc(N[C@@H](C)C(=O)Nc2ccccc2OC(F)F)c1. The highest BCUT2D eigenvalue weighted by atomic mass is 19.3. The van der Waals surface area contributed by atoms with Gasteiger partial charge >= 0.3 is 6.61 Å². The summed E-state index contributed by atoms with van der Waals surface area (Å²) in [6.45, 7) is 2.69. The fraction of sp³-hybridized carbons (Fsp3) is 0.278. The van der Waals surface area contributed by atoms with E-state index in [1.165, 1.54) is 12.1 Å². The molecule has 24 heavy (non-hydrogen) atoms. The van der Waals surface area contributed by atoms with Gasteiger partial charge in [0.15, 0.2) is 0 Å². The molecule has 2 rings (SSSR count). The third-order valence-corrected chi connectivity index (χ3v) is 3.36. The summed E-state index contributed by atoms with van der Waals surface area (Å²) >= 11 is 0. The van der Waals surface area contributed by atoms with Gasteiger partial charge in [0.2, 0.25) is 5.91 Å². The fourth-order valence-electron chi connectivity index (χ4n) is 2.38. The topological polar surface area (TPSA) is 50.4 Å². The minimum Gasteiger partial charge on any atom is -0.433 e. The number of rotatable bonds is 6. The molecule has 0 heterocycles. The molecule has 4 nitrogen and oxygen atoms in total. The van der Waals surface area contributed by atoms with Crippen molar-refractivity contribution < 1.29 is 18.3 Å². The van der Waals surface area contributed by atoms with E-state index in [-0.39, 0.29) is 17.3 Å². The largest absolute Gasteiger partial charge is 0.433 e. The van der Waals surface area contributed by atoms with Crippen LogP contribution in [0.25, 0.3) is 0 Å². The van der Waals surface area contributed by atoms with Gasteiger partial charge in [0.05, 0.1) is 5.69 Å². The second kappa shape index (κ2) is 7.77. The summed E-state index contributed by atoms with van der Waals surface area (Å²) in [5.41, 5.74) is 3.20. The van der Waals surface area contributed by atoms with Gasteiger partial charge in [-0.05, 0) is 56.2 Å². The van der Waals surface area contributed by atoms with Crippen molar-refractivity contribution in [2.24, 2.45) is 0 Å². The number of hydrogen-bond donors (Lipinski definition) is 2. The van der Waals surface area contributed by atoms with Gasteiger partial charge in [-0.1, -0.05) is 18.2 Å². The molecule has 0 saturated heterocycles. The molecule has 0 fully saturated rings. The maximum Gasteiger partial charge on any atom is 0.387 e. The van der Waals surface area contributed by atoms with E-state index in [1.807, 2.05) is 32.0 Å². The molecule has 1 amide bonds. The molecule has 2 aromatic carbocycles. The van der Waals surface area contributed by atoms with Gasteiger partial charge in [0.1, 0.15) is 11.8 Å². The van der Waals surface area contributed by atoms with E-state index in [9.17, 15) is 13.6 Å². The first-order valence-electron chi connectivity index (χ1n) is 7.54. The average molecular weight is 334 g/mol. The van der Waals surface area contributed by atoms with E-state index >= 15 is 0 Å². The number of carbonyl (C=O) groups excluding carboxylic acids is 1. The van der Waals surface area contributed by atoms with E-state index in [4.69, 9.17) is 0 Å². The highest BCUT2D eigenvalue weighted by Gasteiger charge is 2.16. The average Bonchev–Trinajstić information content (AvgIpc) is 2.47. The molecule has 128 valence electrons. The molecule has 0 unspecified atom stereocenters. The van der Waals surface area contributed by atoms with Crippen LogP contribution in [0.4, 0.5) is 20.2 Å². The van der Waals surface area contributed by atoms with Crippen LogP contribution in [0.2, 0.25) is 0 Å². The van der Waals surface area contributed by atoms with Crippen molar-refractivity contribution in [1.82, 2.24) is 0 Å². The molecule has 6 heteroatoms. The lowest BCUT2D eigenvalue weighted by Gasteiger charge is -2.17. The lowest BCUT2D eigenvalue weighted by molar-refractivity contribution is -0.116. The molecule has 1 atom stereocenters. The first-order valence-corrected chi connectivity index (χ1v) is 7.54. The Hall–Kier alpha value is -2.63. The monoisotopic (exact) mass is 334 g/mol.